The van der Waals surface area contributed by atoms with Gasteiger partial charge in [-0.25, -0.2) is 0 Å². The molecule has 7 heteroatoms. The number of thiocarbonyl (C=S) groups is 1. The minimum absolute atomic E-state index is 0.247. The van der Waals surface area contributed by atoms with Gasteiger partial charge in [-0.15, -0.1) is 0 Å². The molecular formula is C15H23N3O3S. The average Bonchev–Trinajstić information content (AvgIpc) is 2.50. The number of ether oxygens (including phenoxy) is 3. The number of hydrazone groups is 1. The number of hydrogen-bond acceptors (Lipinski definition) is 5. The molecule has 1 aromatic carbocycles. The summed E-state index contributed by atoms with van der Waals surface area (Å²) in [5.74, 6) is 1.70. The first-order chi connectivity index (χ1) is 10.4. The van der Waals surface area contributed by atoms with Crippen molar-refractivity contribution >= 4 is 23.0 Å². The largest absolute Gasteiger partial charge is 0.493 e. The fraction of sp³-hybridized carbons (Fsp3) is 0.467. The second-order valence-electron chi connectivity index (χ2n) is 4.85. The zero-order valence-electron chi connectivity index (χ0n) is 13.8. The Labute approximate surface area is 136 Å². The molecule has 0 aliphatic carbocycles. The van der Waals surface area contributed by atoms with Crippen LogP contribution >= 0.6 is 12.2 Å². The summed E-state index contributed by atoms with van der Waals surface area (Å²) in [6, 6.07) is 3.92. The van der Waals surface area contributed by atoms with Crippen LogP contribution in [0.3, 0.4) is 0 Å². The Morgan fingerprint density at radius 2 is 1.64 bits per heavy atom. The molecule has 1 rings (SSSR count). The van der Waals surface area contributed by atoms with Gasteiger partial charge in [-0.3, -0.25) is 5.43 Å². The van der Waals surface area contributed by atoms with E-state index in [0.29, 0.717) is 22.4 Å². The van der Waals surface area contributed by atoms with Gasteiger partial charge in [0.2, 0.25) is 5.75 Å². The molecule has 0 aliphatic heterocycles. The van der Waals surface area contributed by atoms with Gasteiger partial charge in [0.15, 0.2) is 16.6 Å². The van der Waals surface area contributed by atoms with Gasteiger partial charge in [0, 0.05) is 11.6 Å². The van der Waals surface area contributed by atoms with Crippen molar-refractivity contribution in [2.75, 3.05) is 21.3 Å². The Morgan fingerprint density at radius 1 is 1.09 bits per heavy atom. The second kappa shape index (κ2) is 8.43. The van der Waals surface area contributed by atoms with Gasteiger partial charge in [0.1, 0.15) is 0 Å². The Kier molecular flexibility index (Phi) is 6.91. The second-order valence-corrected chi connectivity index (χ2v) is 5.26. The number of hydrogen-bond donors (Lipinski definition) is 2. The van der Waals surface area contributed by atoms with Gasteiger partial charge in [-0.05, 0) is 45.1 Å². The van der Waals surface area contributed by atoms with Crippen LogP contribution in [-0.2, 0) is 0 Å². The number of nitrogens with zero attached hydrogens (tertiary/aromatic N) is 1. The first-order valence-electron chi connectivity index (χ1n) is 6.84. The summed E-state index contributed by atoms with van der Waals surface area (Å²) in [4.78, 5) is 0. The Morgan fingerprint density at radius 3 is 2.05 bits per heavy atom. The van der Waals surface area contributed by atoms with E-state index in [1.165, 1.54) is 0 Å². The van der Waals surface area contributed by atoms with E-state index in [4.69, 9.17) is 26.4 Å². The quantitative estimate of drug-likeness (QED) is 0.475. The van der Waals surface area contributed by atoms with Gasteiger partial charge in [0.25, 0.3) is 0 Å². The lowest BCUT2D eigenvalue weighted by Gasteiger charge is -2.14. The summed E-state index contributed by atoms with van der Waals surface area (Å²) in [5, 5.41) is 7.80. The van der Waals surface area contributed by atoms with Crippen LogP contribution in [-0.4, -0.2) is 38.2 Å². The molecule has 0 amide bonds. The molecule has 0 unspecified atom stereocenters. The van der Waals surface area contributed by atoms with Crippen molar-refractivity contribution in [2.45, 2.75) is 26.8 Å². The summed E-state index contributed by atoms with van der Waals surface area (Å²) in [6.07, 6.45) is 0. The maximum Gasteiger partial charge on any atom is 0.203 e. The minimum atomic E-state index is 0.247. The maximum absolute atomic E-state index is 5.33. The molecule has 2 N–H and O–H groups in total. The zero-order chi connectivity index (χ0) is 16.7. The van der Waals surface area contributed by atoms with E-state index in [-0.39, 0.29) is 6.04 Å². The highest BCUT2D eigenvalue weighted by atomic mass is 32.1. The predicted molar refractivity (Wildman–Crippen MR) is 92.3 cm³/mol. The van der Waals surface area contributed by atoms with Crippen molar-refractivity contribution in [2.24, 2.45) is 5.10 Å². The molecule has 0 bridgehead atoms. The van der Waals surface area contributed by atoms with Crippen LogP contribution in [0.25, 0.3) is 0 Å². The SMILES string of the molecule is COc1cc(/C(C)=N\NC(=S)NC(C)C)cc(OC)c1OC. The smallest absolute Gasteiger partial charge is 0.203 e. The molecule has 0 heterocycles. The maximum atomic E-state index is 5.33. The molecular weight excluding hydrogens is 302 g/mol. The van der Waals surface area contributed by atoms with Crippen LogP contribution in [0, 0.1) is 0 Å². The van der Waals surface area contributed by atoms with Crippen LogP contribution in [0.15, 0.2) is 17.2 Å². The van der Waals surface area contributed by atoms with Crippen molar-refractivity contribution in [1.29, 1.82) is 0 Å². The molecule has 0 aromatic heterocycles. The highest BCUT2D eigenvalue weighted by Crippen LogP contribution is 2.38. The third kappa shape index (κ3) is 4.77. The van der Waals surface area contributed by atoms with Crippen LogP contribution in [0.1, 0.15) is 26.3 Å². The molecule has 0 aliphatic rings. The van der Waals surface area contributed by atoms with Crippen LogP contribution in [0.5, 0.6) is 17.2 Å². The third-order valence-electron chi connectivity index (χ3n) is 2.83. The van der Waals surface area contributed by atoms with Crippen molar-refractivity contribution in [1.82, 2.24) is 10.7 Å². The lowest BCUT2D eigenvalue weighted by molar-refractivity contribution is 0.324. The molecule has 122 valence electrons. The lowest BCUT2D eigenvalue weighted by atomic mass is 10.1. The van der Waals surface area contributed by atoms with Gasteiger partial charge < -0.3 is 19.5 Å². The summed E-state index contributed by atoms with van der Waals surface area (Å²) >= 11 is 5.14. The third-order valence-corrected chi connectivity index (χ3v) is 3.04. The first kappa shape index (κ1) is 18.0. The number of methoxy groups -OCH3 is 3. The van der Waals surface area contributed by atoms with Crippen LogP contribution < -0.4 is 25.0 Å². The van der Waals surface area contributed by atoms with E-state index in [0.717, 1.165) is 11.3 Å². The molecule has 0 saturated carbocycles. The van der Waals surface area contributed by atoms with Crippen molar-refractivity contribution in [3.63, 3.8) is 0 Å². The Balaban J connectivity index is 3.02. The van der Waals surface area contributed by atoms with Crippen molar-refractivity contribution in [3.05, 3.63) is 17.7 Å². The summed E-state index contributed by atoms with van der Waals surface area (Å²) in [5.41, 5.74) is 4.40. The average molecular weight is 325 g/mol. The van der Waals surface area contributed by atoms with Gasteiger partial charge in [0.05, 0.1) is 27.0 Å². The normalized spacial score (nSPS) is 11.1. The topological polar surface area (TPSA) is 64.1 Å². The van der Waals surface area contributed by atoms with Gasteiger partial charge >= 0.3 is 0 Å². The van der Waals surface area contributed by atoms with E-state index in [1.54, 1.807) is 21.3 Å². The first-order valence-corrected chi connectivity index (χ1v) is 7.24. The predicted octanol–water partition coefficient (Wildman–Crippen LogP) is 2.31. The minimum Gasteiger partial charge on any atom is -0.493 e. The van der Waals surface area contributed by atoms with E-state index in [9.17, 15) is 0 Å². The Bertz CT molecular complexity index is 534. The monoisotopic (exact) mass is 325 g/mol. The highest BCUT2D eigenvalue weighted by Gasteiger charge is 2.14. The molecule has 1 aromatic rings. The molecule has 6 nitrogen and oxygen atoms in total. The van der Waals surface area contributed by atoms with E-state index < -0.39 is 0 Å². The molecule has 0 spiro atoms. The van der Waals surface area contributed by atoms with Crippen molar-refractivity contribution < 1.29 is 14.2 Å². The molecule has 0 saturated heterocycles. The van der Waals surface area contributed by atoms with E-state index in [2.05, 4.69) is 15.8 Å². The van der Waals surface area contributed by atoms with Gasteiger partial charge in [-0.1, -0.05) is 0 Å². The lowest BCUT2D eigenvalue weighted by Crippen LogP contribution is -2.37. The highest BCUT2D eigenvalue weighted by molar-refractivity contribution is 7.80. The van der Waals surface area contributed by atoms with E-state index >= 15 is 0 Å². The molecule has 0 atom stereocenters. The van der Waals surface area contributed by atoms with Crippen molar-refractivity contribution in [3.8, 4) is 17.2 Å². The number of nitrogens with one attached hydrogen (secondary N) is 2. The summed E-state index contributed by atoms with van der Waals surface area (Å²) in [7, 11) is 4.72. The molecule has 22 heavy (non-hydrogen) atoms. The number of benzene rings is 1. The van der Waals surface area contributed by atoms with Gasteiger partial charge in [-0.2, -0.15) is 5.10 Å². The Hall–Kier alpha value is -2.02. The van der Waals surface area contributed by atoms with Crippen LogP contribution in [0.4, 0.5) is 0 Å². The number of rotatable bonds is 6. The zero-order valence-corrected chi connectivity index (χ0v) is 14.6. The fourth-order valence-electron chi connectivity index (χ4n) is 1.78. The summed E-state index contributed by atoms with van der Waals surface area (Å²) in [6.45, 7) is 5.87. The standard InChI is InChI=1S/C15H23N3O3S/c1-9(2)16-15(22)18-17-10(3)11-7-12(19-4)14(21-6)13(8-11)20-5/h7-9H,1-6H3,(H2,16,18,22)/b17-10-. The van der Waals surface area contributed by atoms with E-state index in [1.807, 2.05) is 32.9 Å². The summed E-state index contributed by atoms with van der Waals surface area (Å²) < 4.78 is 16.0. The molecule has 0 radical (unpaired) electrons. The fourth-order valence-corrected chi connectivity index (χ4v) is 2.06. The van der Waals surface area contributed by atoms with Crippen LogP contribution in [0.2, 0.25) is 0 Å². The molecule has 0 fully saturated rings.